The highest BCUT2D eigenvalue weighted by atomic mass is 15.4. The first-order valence-electron chi connectivity index (χ1n) is 4.45. The van der Waals surface area contributed by atoms with Crippen LogP contribution in [0.4, 0.5) is 5.82 Å². The van der Waals surface area contributed by atoms with E-state index in [9.17, 15) is 0 Å². The number of hydrogen-bond acceptors (Lipinski definition) is 3. The summed E-state index contributed by atoms with van der Waals surface area (Å²) in [5.74, 6) is 2.25. The number of anilines is 1. The van der Waals surface area contributed by atoms with Gasteiger partial charge in [0.1, 0.15) is 0 Å². The van der Waals surface area contributed by atoms with Crippen LogP contribution in [0.3, 0.4) is 0 Å². The van der Waals surface area contributed by atoms with Gasteiger partial charge in [-0.2, -0.15) is 0 Å². The van der Waals surface area contributed by atoms with E-state index in [0.29, 0.717) is 5.82 Å². The van der Waals surface area contributed by atoms with E-state index < -0.39 is 0 Å². The summed E-state index contributed by atoms with van der Waals surface area (Å²) < 4.78 is 1.84. The molecule has 12 heavy (non-hydrogen) atoms. The second kappa shape index (κ2) is 2.77. The fraction of sp³-hybridized carbons (Fsp3) is 0.750. The maximum Gasteiger partial charge on any atom is 0.165 e. The van der Waals surface area contributed by atoms with Crippen molar-refractivity contribution in [2.75, 3.05) is 5.73 Å². The smallest absolute Gasteiger partial charge is 0.165 e. The quantitative estimate of drug-likeness (QED) is 0.726. The zero-order valence-electron chi connectivity index (χ0n) is 7.27. The highest BCUT2D eigenvalue weighted by Gasteiger charge is 2.35. The predicted molar refractivity (Wildman–Crippen MR) is 46.3 cm³/mol. The lowest BCUT2D eigenvalue weighted by atomic mass is 10.2. The van der Waals surface area contributed by atoms with Crippen LogP contribution >= 0.6 is 0 Å². The maximum absolute atomic E-state index is 5.45. The third-order valence-electron chi connectivity index (χ3n) is 2.57. The van der Waals surface area contributed by atoms with E-state index in [2.05, 4.69) is 17.2 Å². The minimum Gasteiger partial charge on any atom is -0.381 e. The number of nitrogens with two attached hydrogens (primary N) is 1. The van der Waals surface area contributed by atoms with Gasteiger partial charge in [0, 0.05) is 6.54 Å². The summed E-state index contributed by atoms with van der Waals surface area (Å²) in [7, 11) is 0. The molecule has 4 heteroatoms. The number of rotatable bonds is 3. The van der Waals surface area contributed by atoms with Crippen molar-refractivity contribution in [3.63, 3.8) is 0 Å². The first kappa shape index (κ1) is 7.58. The molecule has 1 aromatic heterocycles. The lowest BCUT2D eigenvalue weighted by molar-refractivity contribution is 0.511. The van der Waals surface area contributed by atoms with E-state index in [4.69, 9.17) is 5.73 Å². The normalized spacial score (nSPS) is 27.4. The molecule has 0 aliphatic heterocycles. The second-order valence-corrected chi connectivity index (χ2v) is 3.53. The van der Waals surface area contributed by atoms with Crippen LogP contribution < -0.4 is 5.73 Å². The number of aromatic nitrogens is 3. The molecule has 0 unspecified atom stereocenters. The molecule has 1 aliphatic carbocycles. The molecule has 0 aromatic carbocycles. The van der Waals surface area contributed by atoms with Gasteiger partial charge in [0.05, 0.1) is 6.20 Å². The molecule has 2 N–H and O–H groups in total. The SMILES string of the molecule is CC[C@@H]1C[C@H]1Cn1cc(N)nn1. The maximum atomic E-state index is 5.45. The van der Waals surface area contributed by atoms with Gasteiger partial charge in [-0.05, 0) is 18.3 Å². The van der Waals surface area contributed by atoms with Crippen molar-refractivity contribution in [3.8, 4) is 0 Å². The van der Waals surface area contributed by atoms with Gasteiger partial charge in [-0.1, -0.05) is 18.6 Å². The highest BCUT2D eigenvalue weighted by Crippen LogP contribution is 2.41. The average molecular weight is 166 g/mol. The molecule has 0 radical (unpaired) electrons. The molecule has 0 bridgehead atoms. The first-order chi connectivity index (χ1) is 5.79. The Bertz CT molecular complexity index is 268. The van der Waals surface area contributed by atoms with E-state index >= 15 is 0 Å². The summed E-state index contributed by atoms with van der Waals surface area (Å²) >= 11 is 0. The van der Waals surface area contributed by atoms with E-state index in [-0.39, 0.29) is 0 Å². The van der Waals surface area contributed by atoms with Gasteiger partial charge in [0.25, 0.3) is 0 Å². The zero-order chi connectivity index (χ0) is 8.55. The Kier molecular flexibility index (Phi) is 1.75. The van der Waals surface area contributed by atoms with Crippen molar-refractivity contribution in [3.05, 3.63) is 6.20 Å². The highest BCUT2D eigenvalue weighted by molar-refractivity contribution is 5.19. The summed E-state index contributed by atoms with van der Waals surface area (Å²) in [5, 5.41) is 7.65. The van der Waals surface area contributed by atoms with E-state index in [1.54, 1.807) is 6.20 Å². The third kappa shape index (κ3) is 1.42. The largest absolute Gasteiger partial charge is 0.381 e. The molecule has 0 saturated heterocycles. The molecular formula is C8H14N4. The van der Waals surface area contributed by atoms with Crippen LogP contribution in [0.1, 0.15) is 19.8 Å². The molecule has 2 atom stereocenters. The van der Waals surface area contributed by atoms with E-state index in [1.165, 1.54) is 12.8 Å². The van der Waals surface area contributed by atoms with Gasteiger partial charge in [-0.25, -0.2) is 0 Å². The van der Waals surface area contributed by atoms with Crippen LogP contribution in [0.5, 0.6) is 0 Å². The lowest BCUT2D eigenvalue weighted by Crippen LogP contribution is -2.01. The molecule has 1 aliphatic rings. The van der Waals surface area contributed by atoms with Gasteiger partial charge in [-0.15, -0.1) is 5.10 Å². The molecule has 1 heterocycles. The Morgan fingerprint density at radius 1 is 1.67 bits per heavy atom. The van der Waals surface area contributed by atoms with Crippen molar-refractivity contribution < 1.29 is 0 Å². The van der Waals surface area contributed by atoms with Gasteiger partial charge in [0.15, 0.2) is 5.82 Å². The summed E-state index contributed by atoms with van der Waals surface area (Å²) in [6.45, 7) is 3.23. The summed E-state index contributed by atoms with van der Waals surface area (Å²) in [6.07, 6.45) is 4.43. The minimum absolute atomic E-state index is 0.517. The van der Waals surface area contributed by atoms with Crippen molar-refractivity contribution in [2.24, 2.45) is 11.8 Å². The fourth-order valence-electron chi connectivity index (χ4n) is 1.68. The minimum atomic E-state index is 0.517. The predicted octanol–water partition coefficient (Wildman–Crippen LogP) is 0.906. The molecular weight excluding hydrogens is 152 g/mol. The molecule has 1 fully saturated rings. The van der Waals surface area contributed by atoms with Crippen LogP contribution in [-0.2, 0) is 6.54 Å². The Morgan fingerprint density at radius 2 is 2.50 bits per heavy atom. The molecule has 66 valence electrons. The van der Waals surface area contributed by atoms with Crippen LogP contribution in [0.15, 0.2) is 6.20 Å². The lowest BCUT2D eigenvalue weighted by Gasteiger charge is -1.96. The van der Waals surface area contributed by atoms with Crippen LogP contribution in [0, 0.1) is 11.8 Å². The Labute approximate surface area is 71.8 Å². The fourth-order valence-corrected chi connectivity index (χ4v) is 1.68. The zero-order valence-corrected chi connectivity index (χ0v) is 7.27. The van der Waals surface area contributed by atoms with Crippen molar-refractivity contribution >= 4 is 5.82 Å². The van der Waals surface area contributed by atoms with Crippen LogP contribution in [-0.4, -0.2) is 15.0 Å². The Hall–Kier alpha value is -1.06. The van der Waals surface area contributed by atoms with Crippen LogP contribution in [0.25, 0.3) is 0 Å². The van der Waals surface area contributed by atoms with Crippen molar-refractivity contribution in [1.29, 1.82) is 0 Å². The van der Waals surface area contributed by atoms with E-state index in [1.807, 2.05) is 4.68 Å². The van der Waals surface area contributed by atoms with Crippen molar-refractivity contribution in [1.82, 2.24) is 15.0 Å². The van der Waals surface area contributed by atoms with Gasteiger partial charge in [-0.3, -0.25) is 4.68 Å². The van der Waals surface area contributed by atoms with E-state index in [0.717, 1.165) is 18.4 Å². The van der Waals surface area contributed by atoms with Gasteiger partial charge >= 0.3 is 0 Å². The number of nitrogen functional groups attached to an aromatic ring is 1. The Balaban J connectivity index is 1.89. The monoisotopic (exact) mass is 166 g/mol. The number of nitrogens with zero attached hydrogens (tertiary/aromatic N) is 3. The molecule has 1 saturated carbocycles. The van der Waals surface area contributed by atoms with Gasteiger partial charge in [0.2, 0.25) is 0 Å². The second-order valence-electron chi connectivity index (χ2n) is 3.53. The van der Waals surface area contributed by atoms with Crippen molar-refractivity contribution in [2.45, 2.75) is 26.3 Å². The average Bonchev–Trinajstić information content (AvgIpc) is 2.67. The van der Waals surface area contributed by atoms with Crippen LogP contribution in [0.2, 0.25) is 0 Å². The Morgan fingerprint density at radius 3 is 3.00 bits per heavy atom. The summed E-state index contributed by atoms with van der Waals surface area (Å²) in [4.78, 5) is 0. The number of hydrogen-bond donors (Lipinski definition) is 1. The standard InChI is InChI=1S/C8H14N4/c1-2-6-3-7(6)4-12-5-8(9)10-11-12/h5-7H,2-4,9H2,1H3/t6-,7+/m1/s1. The molecule has 0 spiro atoms. The summed E-state index contributed by atoms with van der Waals surface area (Å²) in [6, 6.07) is 0. The first-order valence-corrected chi connectivity index (χ1v) is 4.45. The molecule has 0 amide bonds. The molecule has 1 aromatic rings. The molecule has 2 rings (SSSR count). The van der Waals surface area contributed by atoms with Gasteiger partial charge < -0.3 is 5.73 Å². The summed E-state index contributed by atoms with van der Waals surface area (Å²) in [5.41, 5.74) is 5.45. The molecule has 4 nitrogen and oxygen atoms in total. The third-order valence-corrected chi connectivity index (χ3v) is 2.57. The topological polar surface area (TPSA) is 56.7 Å².